The highest BCUT2D eigenvalue weighted by molar-refractivity contribution is 7.88. The van der Waals surface area contributed by atoms with E-state index in [2.05, 4.69) is 4.72 Å². The van der Waals surface area contributed by atoms with Gasteiger partial charge in [0.2, 0.25) is 10.0 Å². The molecule has 24 heavy (non-hydrogen) atoms. The molecular weight excluding hydrogens is 326 g/mol. The fraction of sp³-hybridized carbons (Fsp3) is 0.333. The molecule has 1 heterocycles. The van der Waals surface area contributed by atoms with Crippen molar-refractivity contribution in [2.24, 2.45) is 0 Å². The molecule has 5 nitrogen and oxygen atoms in total. The van der Waals surface area contributed by atoms with Gasteiger partial charge in [0, 0.05) is 6.54 Å². The fourth-order valence-electron chi connectivity index (χ4n) is 2.68. The van der Waals surface area contributed by atoms with Crippen molar-refractivity contribution < 1.29 is 17.9 Å². The molecule has 1 aliphatic heterocycles. The van der Waals surface area contributed by atoms with Gasteiger partial charge in [-0.1, -0.05) is 29.8 Å². The molecule has 6 heteroatoms. The first-order chi connectivity index (χ1) is 11.4. The quantitative estimate of drug-likeness (QED) is 0.903. The number of benzene rings is 2. The Bertz CT molecular complexity index is 846. The molecule has 0 fully saturated rings. The lowest BCUT2D eigenvalue weighted by molar-refractivity contribution is 0.171. The lowest BCUT2D eigenvalue weighted by atomic mass is 10.1. The van der Waals surface area contributed by atoms with Crippen molar-refractivity contribution in [3.05, 3.63) is 58.7 Å². The van der Waals surface area contributed by atoms with Gasteiger partial charge < -0.3 is 9.47 Å². The maximum Gasteiger partial charge on any atom is 0.216 e. The Morgan fingerprint density at radius 1 is 1.04 bits per heavy atom. The summed E-state index contributed by atoms with van der Waals surface area (Å²) in [5.74, 6) is 1.35. The van der Waals surface area contributed by atoms with Gasteiger partial charge in [-0.15, -0.1) is 0 Å². The molecule has 128 valence electrons. The molecule has 0 amide bonds. The summed E-state index contributed by atoms with van der Waals surface area (Å²) in [5, 5.41) is 0. The first-order valence-electron chi connectivity index (χ1n) is 7.85. The van der Waals surface area contributed by atoms with Crippen LogP contribution in [0, 0.1) is 13.8 Å². The molecule has 0 unspecified atom stereocenters. The fourth-order valence-corrected chi connectivity index (χ4v) is 3.78. The van der Waals surface area contributed by atoms with Crippen molar-refractivity contribution >= 4 is 10.0 Å². The second-order valence-electron chi connectivity index (χ2n) is 5.99. The molecule has 0 aromatic heterocycles. The summed E-state index contributed by atoms with van der Waals surface area (Å²) >= 11 is 0. The summed E-state index contributed by atoms with van der Waals surface area (Å²) in [7, 11) is -3.41. The number of sulfonamides is 1. The van der Waals surface area contributed by atoms with Crippen molar-refractivity contribution in [3.63, 3.8) is 0 Å². The van der Waals surface area contributed by atoms with Crippen molar-refractivity contribution in [1.29, 1.82) is 0 Å². The molecule has 0 bridgehead atoms. The highest BCUT2D eigenvalue weighted by atomic mass is 32.2. The third-order valence-corrected chi connectivity index (χ3v) is 5.22. The SMILES string of the molecule is Cc1cccc(CS(=O)(=O)NCc2cc3c(cc2C)OCCO3)c1. The van der Waals surface area contributed by atoms with Crippen molar-refractivity contribution in [1.82, 2.24) is 4.72 Å². The van der Waals surface area contributed by atoms with Gasteiger partial charge in [0.1, 0.15) is 13.2 Å². The molecule has 0 radical (unpaired) electrons. The first kappa shape index (κ1) is 16.8. The summed E-state index contributed by atoms with van der Waals surface area (Å²) in [5.41, 5.74) is 3.68. The normalized spacial score (nSPS) is 13.8. The van der Waals surface area contributed by atoms with E-state index in [1.807, 2.05) is 50.2 Å². The summed E-state index contributed by atoms with van der Waals surface area (Å²) in [6.45, 7) is 5.16. The van der Waals surface area contributed by atoms with Gasteiger partial charge in [-0.3, -0.25) is 0 Å². The number of nitrogens with one attached hydrogen (secondary N) is 1. The molecule has 3 rings (SSSR count). The maximum atomic E-state index is 12.3. The number of rotatable bonds is 5. The van der Waals surface area contributed by atoms with Crippen LogP contribution in [0.3, 0.4) is 0 Å². The largest absolute Gasteiger partial charge is 0.486 e. The van der Waals surface area contributed by atoms with E-state index in [-0.39, 0.29) is 12.3 Å². The van der Waals surface area contributed by atoms with Gasteiger partial charge in [-0.2, -0.15) is 0 Å². The Kier molecular flexibility index (Phi) is 4.78. The second kappa shape index (κ2) is 6.83. The van der Waals surface area contributed by atoms with Crippen LogP contribution < -0.4 is 14.2 Å². The van der Waals surface area contributed by atoms with E-state index in [4.69, 9.17) is 9.47 Å². The Morgan fingerprint density at radius 3 is 2.46 bits per heavy atom. The molecule has 2 aromatic rings. The topological polar surface area (TPSA) is 64.6 Å². The molecule has 0 saturated carbocycles. The minimum absolute atomic E-state index is 0.0295. The monoisotopic (exact) mass is 347 g/mol. The number of aryl methyl sites for hydroxylation is 2. The zero-order valence-corrected chi connectivity index (χ0v) is 14.7. The summed E-state index contributed by atoms with van der Waals surface area (Å²) < 4.78 is 38.4. The van der Waals surface area contributed by atoms with E-state index in [1.165, 1.54) is 0 Å². The van der Waals surface area contributed by atoms with Gasteiger partial charge >= 0.3 is 0 Å². The zero-order chi connectivity index (χ0) is 17.2. The van der Waals surface area contributed by atoms with Crippen LogP contribution in [0.1, 0.15) is 22.3 Å². The van der Waals surface area contributed by atoms with Gasteiger partial charge in [0.25, 0.3) is 0 Å². The van der Waals surface area contributed by atoms with Crippen LogP contribution in [0.15, 0.2) is 36.4 Å². The van der Waals surface area contributed by atoms with E-state index in [9.17, 15) is 8.42 Å². The summed E-state index contributed by atoms with van der Waals surface area (Å²) in [6.07, 6.45) is 0. The third-order valence-electron chi connectivity index (χ3n) is 3.92. The third kappa shape index (κ3) is 4.07. The maximum absolute atomic E-state index is 12.3. The molecule has 1 N–H and O–H groups in total. The average Bonchev–Trinajstić information content (AvgIpc) is 2.52. The molecule has 0 spiro atoms. The lowest BCUT2D eigenvalue weighted by Crippen LogP contribution is -2.25. The minimum Gasteiger partial charge on any atom is -0.486 e. The Morgan fingerprint density at radius 2 is 1.75 bits per heavy atom. The van der Waals surface area contributed by atoms with Crippen LogP contribution >= 0.6 is 0 Å². The molecule has 1 aliphatic rings. The van der Waals surface area contributed by atoms with Crippen molar-refractivity contribution in [2.75, 3.05) is 13.2 Å². The Balaban J connectivity index is 1.70. The lowest BCUT2D eigenvalue weighted by Gasteiger charge is -2.20. The minimum atomic E-state index is -3.41. The summed E-state index contributed by atoms with van der Waals surface area (Å²) in [6, 6.07) is 11.3. The van der Waals surface area contributed by atoms with Crippen LogP contribution in [-0.2, 0) is 22.3 Å². The number of hydrogen-bond acceptors (Lipinski definition) is 4. The molecule has 0 aliphatic carbocycles. The van der Waals surface area contributed by atoms with Gasteiger partial charge in [0.05, 0.1) is 5.75 Å². The highest BCUT2D eigenvalue weighted by Crippen LogP contribution is 2.33. The van der Waals surface area contributed by atoms with E-state index in [1.54, 1.807) is 0 Å². The van der Waals surface area contributed by atoms with Crippen molar-refractivity contribution in [2.45, 2.75) is 26.1 Å². The van der Waals surface area contributed by atoms with Crippen LogP contribution in [-0.4, -0.2) is 21.6 Å². The molecule has 0 saturated heterocycles. The van der Waals surface area contributed by atoms with Crippen LogP contribution in [0.5, 0.6) is 11.5 Å². The summed E-state index contributed by atoms with van der Waals surface area (Å²) in [4.78, 5) is 0. The predicted octanol–water partition coefficient (Wildman–Crippen LogP) is 2.69. The van der Waals surface area contributed by atoms with Crippen LogP contribution in [0.2, 0.25) is 0 Å². The van der Waals surface area contributed by atoms with E-state index in [0.29, 0.717) is 24.7 Å². The number of hydrogen-bond donors (Lipinski definition) is 1. The molecule has 2 aromatic carbocycles. The van der Waals surface area contributed by atoms with Crippen molar-refractivity contribution in [3.8, 4) is 11.5 Å². The van der Waals surface area contributed by atoms with E-state index < -0.39 is 10.0 Å². The van der Waals surface area contributed by atoms with E-state index in [0.717, 1.165) is 22.3 Å². The molecule has 0 atom stereocenters. The van der Waals surface area contributed by atoms with Crippen LogP contribution in [0.4, 0.5) is 0 Å². The van der Waals surface area contributed by atoms with Crippen LogP contribution in [0.25, 0.3) is 0 Å². The molecular formula is C18H21NO4S. The highest BCUT2D eigenvalue weighted by Gasteiger charge is 2.16. The zero-order valence-electron chi connectivity index (χ0n) is 13.8. The number of fused-ring (bicyclic) bond motifs is 1. The first-order valence-corrected chi connectivity index (χ1v) is 9.50. The van der Waals surface area contributed by atoms with Gasteiger partial charge in [0.15, 0.2) is 11.5 Å². The predicted molar refractivity (Wildman–Crippen MR) is 92.8 cm³/mol. The Labute approximate surface area is 142 Å². The average molecular weight is 347 g/mol. The smallest absolute Gasteiger partial charge is 0.216 e. The van der Waals surface area contributed by atoms with Gasteiger partial charge in [-0.25, -0.2) is 13.1 Å². The Hall–Kier alpha value is -2.05. The second-order valence-corrected chi connectivity index (χ2v) is 7.80. The number of ether oxygens (including phenoxy) is 2. The van der Waals surface area contributed by atoms with E-state index >= 15 is 0 Å². The standard InChI is InChI=1S/C18H21NO4S/c1-13-4-3-5-15(8-13)12-24(20,21)19-11-16-10-18-17(9-14(16)2)22-6-7-23-18/h3-5,8-10,19H,6-7,11-12H2,1-2H3. The van der Waals surface area contributed by atoms with Gasteiger partial charge in [-0.05, 0) is 42.7 Å².